The van der Waals surface area contributed by atoms with E-state index in [0.717, 1.165) is 69.6 Å². The highest BCUT2D eigenvalue weighted by atomic mass is 16.6. The van der Waals surface area contributed by atoms with E-state index >= 15 is 0 Å². The van der Waals surface area contributed by atoms with E-state index in [1.165, 1.54) is 193 Å². The molecule has 6 heteroatoms. The van der Waals surface area contributed by atoms with Gasteiger partial charge in [0.25, 0.3) is 0 Å². The Hall–Kier alpha value is -1.59. The van der Waals surface area contributed by atoms with Crippen molar-refractivity contribution in [3.63, 3.8) is 0 Å². The zero-order valence-corrected chi connectivity index (χ0v) is 41.8. The standard InChI is InChI=1S/C55H106O6/c1-6-8-9-10-11-12-18-25-30-35-40-45-53(56)59-48-52(61-55(58)47-42-37-32-27-22-21-24-29-34-39-44-51(5)7-2)49-60-54(57)46-41-36-31-26-20-17-15-13-14-16-19-23-28-33-38-43-50(3)4/h50-52H,6-49H2,1-5H3/t51?,52-/m0/s1. The molecule has 0 saturated heterocycles. The summed E-state index contributed by atoms with van der Waals surface area (Å²) in [5.41, 5.74) is 0. The van der Waals surface area contributed by atoms with E-state index < -0.39 is 6.10 Å². The Kier molecular flexibility index (Phi) is 46.6. The highest BCUT2D eigenvalue weighted by molar-refractivity contribution is 5.71. The number of esters is 3. The van der Waals surface area contributed by atoms with E-state index in [4.69, 9.17) is 14.2 Å². The van der Waals surface area contributed by atoms with E-state index in [2.05, 4.69) is 34.6 Å². The lowest BCUT2D eigenvalue weighted by Gasteiger charge is -2.18. The smallest absolute Gasteiger partial charge is 0.306 e. The van der Waals surface area contributed by atoms with Crippen molar-refractivity contribution in [3.8, 4) is 0 Å². The maximum Gasteiger partial charge on any atom is 0.306 e. The van der Waals surface area contributed by atoms with Crippen molar-refractivity contribution >= 4 is 17.9 Å². The van der Waals surface area contributed by atoms with Crippen LogP contribution in [0.1, 0.15) is 304 Å². The van der Waals surface area contributed by atoms with E-state index in [9.17, 15) is 14.4 Å². The minimum Gasteiger partial charge on any atom is -0.462 e. The fraction of sp³-hybridized carbons (Fsp3) is 0.945. The molecule has 362 valence electrons. The lowest BCUT2D eigenvalue weighted by Crippen LogP contribution is -2.30. The van der Waals surface area contributed by atoms with Gasteiger partial charge in [0.15, 0.2) is 6.10 Å². The highest BCUT2D eigenvalue weighted by Gasteiger charge is 2.19. The van der Waals surface area contributed by atoms with Crippen molar-refractivity contribution in [2.45, 2.75) is 310 Å². The number of carbonyl (C=O) groups is 3. The maximum atomic E-state index is 12.8. The van der Waals surface area contributed by atoms with E-state index in [1.807, 2.05) is 0 Å². The number of ether oxygens (including phenoxy) is 3. The molecular weight excluding hydrogens is 757 g/mol. The summed E-state index contributed by atoms with van der Waals surface area (Å²) in [5.74, 6) is 0.872. The first-order chi connectivity index (χ1) is 29.8. The zero-order chi connectivity index (χ0) is 44.7. The number of hydrogen-bond acceptors (Lipinski definition) is 6. The fourth-order valence-electron chi connectivity index (χ4n) is 8.31. The van der Waals surface area contributed by atoms with Crippen molar-refractivity contribution < 1.29 is 28.6 Å². The van der Waals surface area contributed by atoms with Crippen LogP contribution < -0.4 is 0 Å². The molecule has 0 aromatic carbocycles. The SMILES string of the molecule is CCCCCCCCCCCCCC(=O)OC[C@@H](COC(=O)CCCCCCCCCCCCCCCCCC(C)C)OC(=O)CCCCCCCCCCCCC(C)CC. The second-order valence-corrected chi connectivity index (χ2v) is 19.6. The second-order valence-electron chi connectivity index (χ2n) is 19.6. The third-order valence-corrected chi connectivity index (χ3v) is 12.8. The minimum absolute atomic E-state index is 0.0633. The van der Waals surface area contributed by atoms with Gasteiger partial charge in [0, 0.05) is 19.3 Å². The lowest BCUT2D eigenvalue weighted by atomic mass is 9.99. The van der Waals surface area contributed by atoms with E-state index in [1.54, 1.807) is 0 Å². The molecule has 0 fully saturated rings. The second kappa shape index (κ2) is 47.9. The zero-order valence-electron chi connectivity index (χ0n) is 41.8. The molecule has 6 nitrogen and oxygen atoms in total. The molecule has 0 N–H and O–H groups in total. The van der Waals surface area contributed by atoms with Crippen LogP contribution in [0.4, 0.5) is 0 Å². The molecule has 0 amide bonds. The summed E-state index contributed by atoms with van der Waals surface area (Å²) < 4.78 is 16.8. The van der Waals surface area contributed by atoms with E-state index in [-0.39, 0.29) is 31.1 Å². The van der Waals surface area contributed by atoms with Crippen molar-refractivity contribution in [3.05, 3.63) is 0 Å². The third-order valence-electron chi connectivity index (χ3n) is 12.8. The van der Waals surface area contributed by atoms with Crippen LogP contribution in [-0.2, 0) is 28.6 Å². The van der Waals surface area contributed by atoms with Gasteiger partial charge in [-0.2, -0.15) is 0 Å². The van der Waals surface area contributed by atoms with Crippen molar-refractivity contribution in [2.24, 2.45) is 11.8 Å². The van der Waals surface area contributed by atoms with Crippen LogP contribution in [-0.4, -0.2) is 37.2 Å². The summed E-state index contributed by atoms with van der Waals surface area (Å²) >= 11 is 0. The van der Waals surface area contributed by atoms with Crippen molar-refractivity contribution in [1.29, 1.82) is 0 Å². The fourth-order valence-corrected chi connectivity index (χ4v) is 8.31. The molecule has 0 aliphatic carbocycles. The molecule has 0 rings (SSSR count). The molecule has 1 unspecified atom stereocenters. The van der Waals surface area contributed by atoms with Gasteiger partial charge in [-0.25, -0.2) is 0 Å². The lowest BCUT2D eigenvalue weighted by molar-refractivity contribution is -0.167. The quantitative estimate of drug-likeness (QED) is 0.0344. The van der Waals surface area contributed by atoms with Gasteiger partial charge in [0.2, 0.25) is 0 Å². The molecule has 0 bridgehead atoms. The van der Waals surface area contributed by atoms with Crippen LogP contribution in [0.3, 0.4) is 0 Å². The molecule has 0 aromatic rings. The molecule has 0 saturated carbocycles. The molecule has 0 radical (unpaired) electrons. The average molecular weight is 863 g/mol. The molecule has 0 spiro atoms. The van der Waals surface area contributed by atoms with Gasteiger partial charge in [-0.1, -0.05) is 266 Å². The first kappa shape index (κ1) is 59.4. The normalized spacial score (nSPS) is 12.5. The van der Waals surface area contributed by atoms with E-state index in [0.29, 0.717) is 19.3 Å². The summed E-state index contributed by atoms with van der Waals surface area (Å²) in [5, 5.41) is 0. The summed E-state index contributed by atoms with van der Waals surface area (Å²) in [6.07, 6.45) is 49.4. The topological polar surface area (TPSA) is 78.9 Å². The summed E-state index contributed by atoms with van der Waals surface area (Å²) in [4.78, 5) is 38.0. The first-order valence-electron chi connectivity index (χ1n) is 27.3. The van der Waals surface area contributed by atoms with Crippen molar-refractivity contribution in [2.75, 3.05) is 13.2 Å². The Morgan fingerprint density at radius 1 is 0.344 bits per heavy atom. The van der Waals surface area contributed by atoms with Gasteiger partial charge < -0.3 is 14.2 Å². The minimum atomic E-state index is -0.762. The Balaban J connectivity index is 4.28. The number of unbranched alkanes of at least 4 members (excludes halogenated alkanes) is 33. The molecule has 61 heavy (non-hydrogen) atoms. The van der Waals surface area contributed by atoms with Gasteiger partial charge in [-0.3, -0.25) is 14.4 Å². The average Bonchev–Trinajstić information content (AvgIpc) is 3.24. The van der Waals surface area contributed by atoms with Crippen molar-refractivity contribution in [1.82, 2.24) is 0 Å². The summed E-state index contributed by atoms with van der Waals surface area (Å²) in [7, 11) is 0. The molecule has 0 aromatic heterocycles. The first-order valence-corrected chi connectivity index (χ1v) is 27.3. The van der Waals surface area contributed by atoms with Gasteiger partial charge >= 0.3 is 17.9 Å². The number of hydrogen-bond donors (Lipinski definition) is 0. The molecule has 0 aliphatic rings. The molecule has 0 aliphatic heterocycles. The summed E-state index contributed by atoms with van der Waals surface area (Å²) in [6.45, 7) is 11.4. The van der Waals surface area contributed by atoms with Gasteiger partial charge in [-0.15, -0.1) is 0 Å². The maximum absolute atomic E-state index is 12.8. The van der Waals surface area contributed by atoms with Crippen LogP contribution in [0, 0.1) is 11.8 Å². The molecule has 2 atom stereocenters. The van der Waals surface area contributed by atoms with Gasteiger partial charge in [-0.05, 0) is 31.1 Å². The predicted octanol–water partition coefficient (Wildman–Crippen LogP) is 17.7. The van der Waals surface area contributed by atoms with Crippen LogP contribution >= 0.6 is 0 Å². The Bertz CT molecular complexity index is 933. The van der Waals surface area contributed by atoms with Crippen LogP contribution in [0.15, 0.2) is 0 Å². The largest absolute Gasteiger partial charge is 0.462 e. The van der Waals surface area contributed by atoms with Gasteiger partial charge in [0.1, 0.15) is 13.2 Å². The number of carbonyl (C=O) groups excluding carboxylic acids is 3. The Morgan fingerprint density at radius 3 is 0.934 bits per heavy atom. The van der Waals surface area contributed by atoms with Crippen LogP contribution in [0.25, 0.3) is 0 Å². The molecule has 0 heterocycles. The third kappa shape index (κ3) is 47.7. The number of rotatable bonds is 49. The van der Waals surface area contributed by atoms with Crippen LogP contribution in [0.5, 0.6) is 0 Å². The monoisotopic (exact) mass is 863 g/mol. The Morgan fingerprint density at radius 2 is 0.623 bits per heavy atom. The molecular formula is C55H106O6. The predicted molar refractivity (Wildman–Crippen MR) is 261 cm³/mol. The van der Waals surface area contributed by atoms with Gasteiger partial charge in [0.05, 0.1) is 0 Å². The highest BCUT2D eigenvalue weighted by Crippen LogP contribution is 2.18. The van der Waals surface area contributed by atoms with Crippen LogP contribution in [0.2, 0.25) is 0 Å². The summed E-state index contributed by atoms with van der Waals surface area (Å²) in [6, 6.07) is 0. The Labute approximate surface area is 380 Å².